The Kier molecular flexibility index (Phi) is 4.79. The van der Waals surface area contributed by atoms with Gasteiger partial charge in [-0.1, -0.05) is 12.1 Å². The SMILES string of the molecule is COc1cccc(CN2CCC3(CCC3N3CCOCC3)CC2)c1. The summed E-state index contributed by atoms with van der Waals surface area (Å²) in [4.78, 5) is 5.33. The van der Waals surface area contributed by atoms with Crippen LogP contribution >= 0.6 is 0 Å². The summed E-state index contributed by atoms with van der Waals surface area (Å²) >= 11 is 0. The van der Waals surface area contributed by atoms with Crippen molar-refractivity contribution < 1.29 is 9.47 Å². The zero-order valence-electron chi connectivity index (χ0n) is 14.9. The molecule has 0 bridgehead atoms. The van der Waals surface area contributed by atoms with E-state index in [0.717, 1.165) is 44.6 Å². The average Bonchev–Trinajstić information content (AvgIpc) is 2.63. The van der Waals surface area contributed by atoms with E-state index in [0.29, 0.717) is 5.41 Å². The van der Waals surface area contributed by atoms with Crippen LogP contribution in [0.15, 0.2) is 24.3 Å². The lowest BCUT2D eigenvalue weighted by Crippen LogP contribution is -2.61. The molecule has 0 radical (unpaired) electrons. The summed E-state index contributed by atoms with van der Waals surface area (Å²) in [6, 6.07) is 9.33. The Morgan fingerprint density at radius 3 is 2.58 bits per heavy atom. The van der Waals surface area contributed by atoms with E-state index in [1.165, 1.54) is 44.3 Å². The first-order chi connectivity index (χ1) is 11.8. The Balaban J connectivity index is 1.33. The van der Waals surface area contributed by atoms with E-state index in [-0.39, 0.29) is 0 Å². The van der Waals surface area contributed by atoms with Gasteiger partial charge in [-0.2, -0.15) is 0 Å². The van der Waals surface area contributed by atoms with Crippen molar-refractivity contribution in [1.82, 2.24) is 9.80 Å². The van der Waals surface area contributed by atoms with Gasteiger partial charge in [0.15, 0.2) is 0 Å². The zero-order chi connectivity index (χ0) is 16.4. The molecule has 4 nitrogen and oxygen atoms in total. The smallest absolute Gasteiger partial charge is 0.119 e. The summed E-state index contributed by atoms with van der Waals surface area (Å²) < 4.78 is 10.9. The van der Waals surface area contributed by atoms with Gasteiger partial charge >= 0.3 is 0 Å². The normalized spacial score (nSPS) is 27.8. The number of rotatable bonds is 4. The van der Waals surface area contributed by atoms with Gasteiger partial charge in [0.05, 0.1) is 20.3 Å². The van der Waals surface area contributed by atoms with Crippen LogP contribution < -0.4 is 4.74 Å². The molecule has 2 heterocycles. The summed E-state index contributed by atoms with van der Waals surface area (Å²) in [6.45, 7) is 7.65. The van der Waals surface area contributed by atoms with Crippen LogP contribution in [0, 0.1) is 5.41 Å². The average molecular weight is 330 g/mol. The van der Waals surface area contributed by atoms with Crippen molar-refractivity contribution >= 4 is 0 Å². The third-order valence-electron chi connectivity index (χ3n) is 6.50. The lowest BCUT2D eigenvalue weighted by Gasteiger charge is -2.58. The molecule has 0 amide bonds. The van der Waals surface area contributed by atoms with Crippen molar-refractivity contribution in [2.24, 2.45) is 5.41 Å². The van der Waals surface area contributed by atoms with Crippen LogP contribution in [0.4, 0.5) is 0 Å². The Morgan fingerprint density at radius 1 is 1.12 bits per heavy atom. The molecule has 0 N–H and O–H groups in total. The van der Waals surface area contributed by atoms with Gasteiger partial charge in [0.1, 0.15) is 5.75 Å². The van der Waals surface area contributed by atoms with Gasteiger partial charge in [-0.25, -0.2) is 0 Å². The highest BCUT2D eigenvalue weighted by atomic mass is 16.5. The number of morpholine rings is 1. The van der Waals surface area contributed by atoms with E-state index in [4.69, 9.17) is 9.47 Å². The Bertz CT molecular complexity index is 548. The largest absolute Gasteiger partial charge is 0.497 e. The molecular weight excluding hydrogens is 300 g/mol. The molecule has 1 aromatic rings. The second kappa shape index (κ2) is 7.03. The molecule has 24 heavy (non-hydrogen) atoms. The minimum atomic E-state index is 0.599. The van der Waals surface area contributed by atoms with Gasteiger partial charge in [0.2, 0.25) is 0 Å². The number of nitrogens with zero attached hydrogens (tertiary/aromatic N) is 2. The first-order valence-electron chi connectivity index (χ1n) is 9.46. The van der Waals surface area contributed by atoms with E-state index < -0.39 is 0 Å². The number of ether oxygens (including phenoxy) is 2. The fourth-order valence-electron chi connectivity index (χ4n) is 4.91. The highest BCUT2D eigenvalue weighted by Crippen LogP contribution is 2.51. The van der Waals surface area contributed by atoms with Crippen LogP contribution in [0.3, 0.4) is 0 Å². The summed E-state index contributed by atoms with van der Waals surface area (Å²) in [5.41, 5.74) is 1.96. The molecule has 3 fully saturated rings. The van der Waals surface area contributed by atoms with E-state index in [1.807, 2.05) is 6.07 Å². The second-order valence-corrected chi connectivity index (χ2v) is 7.69. The van der Waals surface area contributed by atoms with Crippen LogP contribution in [0.1, 0.15) is 31.2 Å². The summed E-state index contributed by atoms with van der Waals surface area (Å²) in [7, 11) is 1.74. The summed E-state index contributed by atoms with van der Waals surface area (Å²) in [6.07, 6.45) is 5.55. The van der Waals surface area contributed by atoms with Crippen LogP contribution in [-0.2, 0) is 11.3 Å². The number of hydrogen-bond donors (Lipinski definition) is 0. The van der Waals surface area contributed by atoms with Crippen LogP contribution in [0.5, 0.6) is 5.75 Å². The molecule has 4 rings (SSSR count). The summed E-state index contributed by atoms with van der Waals surface area (Å²) in [5, 5.41) is 0. The highest BCUT2D eigenvalue weighted by molar-refractivity contribution is 5.28. The Hall–Kier alpha value is -1.10. The van der Waals surface area contributed by atoms with Crippen LogP contribution in [0.2, 0.25) is 0 Å². The maximum absolute atomic E-state index is 5.54. The van der Waals surface area contributed by atoms with Crippen LogP contribution in [-0.4, -0.2) is 62.3 Å². The van der Waals surface area contributed by atoms with E-state index in [1.54, 1.807) is 7.11 Å². The van der Waals surface area contributed by atoms with Crippen molar-refractivity contribution in [3.05, 3.63) is 29.8 Å². The minimum Gasteiger partial charge on any atom is -0.497 e. The van der Waals surface area contributed by atoms with Gasteiger partial charge in [0, 0.05) is 25.7 Å². The van der Waals surface area contributed by atoms with Crippen LogP contribution in [0.25, 0.3) is 0 Å². The van der Waals surface area contributed by atoms with E-state index in [2.05, 4.69) is 28.0 Å². The third kappa shape index (κ3) is 3.19. The van der Waals surface area contributed by atoms with Crippen molar-refractivity contribution in [3.63, 3.8) is 0 Å². The molecule has 2 saturated heterocycles. The molecule has 132 valence electrons. The van der Waals surface area contributed by atoms with Gasteiger partial charge in [-0.15, -0.1) is 0 Å². The van der Waals surface area contributed by atoms with E-state index >= 15 is 0 Å². The molecule has 2 aliphatic heterocycles. The van der Waals surface area contributed by atoms with Gasteiger partial charge in [-0.05, 0) is 61.9 Å². The maximum atomic E-state index is 5.54. The molecule has 1 aliphatic carbocycles. The molecule has 0 aromatic heterocycles. The monoisotopic (exact) mass is 330 g/mol. The van der Waals surface area contributed by atoms with Gasteiger partial charge in [0.25, 0.3) is 0 Å². The molecular formula is C20H30N2O2. The first kappa shape index (κ1) is 16.4. The standard InChI is InChI=1S/C20H30N2O2/c1-23-18-4-2-3-17(15-18)16-21-9-7-20(8-10-21)6-5-19(20)22-11-13-24-14-12-22/h2-4,15,19H,5-14,16H2,1H3. The molecule has 3 aliphatic rings. The topological polar surface area (TPSA) is 24.9 Å². The first-order valence-corrected chi connectivity index (χ1v) is 9.46. The van der Waals surface area contributed by atoms with Crippen molar-refractivity contribution in [2.45, 2.75) is 38.3 Å². The number of hydrogen-bond acceptors (Lipinski definition) is 4. The molecule has 1 unspecified atom stereocenters. The van der Waals surface area contributed by atoms with Crippen molar-refractivity contribution in [2.75, 3.05) is 46.5 Å². The molecule has 4 heteroatoms. The number of piperidine rings is 1. The predicted octanol–water partition coefficient (Wildman–Crippen LogP) is 2.77. The van der Waals surface area contributed by atoms with E-state index in [9.17, 15) is 0 Å². The number of likely N-dealkylation sites (tertiary alicyclic amines) is 1. The predicted molar refractivity (Wildman–Crippen MR) is 95.4 cm³/mol. The number of methoxy groups -OCH3 is 1. The Labute approximate surface area is 145 Å². The van der Waals surface area contributed by atoms with Crippen molar-refractivity contribution in [1.29, 1.82) is 0 Å². The maximum Gasteiger partial charge on any atom is 0.119 e. The fraction of sp³-hybridized carbons (Fsp3) is 0.700. The highest BCUT2D eigenvalue weighted by Gasteiger charge is 2.50. The number of benzene rings is 1. The lowest BCUT2D eigenvalue weighted by atomic mass is 9.58. The van der Waals surface area contributed by atoms with Crippen molar-refractivity contribution in [3.8, 4) is 5.75 Å². The Morgan fingerprint density at radius 2 is 1.92 bits per heavy atom. The molecule has 1 aromatic carbocycles. The van der Waals surface area contributed by atoms with Gasteiger partial charge in [-0.3, -0.25) is 9.80 Å². The molecule has 1 saturated carbocycles. The molecule has 1 spiro atoms. The zero-order valence-corrected chi connectivity index (χ0v) is 14.9. The third-order valence-corrected chi connectivity index (χ3v) is 6.50. The quantitative estimate of drug-likeness (QED) is 0.847. The second-order valence-electron chi connectivity index (χ2n) is 7.69. The lowest BCUT2D eigenvalue weighted by molar-refractivity contribution is -0.0976. The van der Waals surface area contributed by atoms with Gasteiger partial charge < -0.3 is 9.47 Å². The fourth-order valence-corrected chi connectivity index (χ4v) is 4.91. The minimum absolute atomic E-state index is 0.599. The molecule has 1 atom stereocenters. The summed E-state index contributed by atoms with van der Waals surface area (Å²) in [5.74, 6) is 0.965.